The molecule has 0 spiro atoms. The van der Waals surface area contributed by atoms with Gasteiger partial charge in [0.15, 0.2) is 0 Å². The number of hydrazone groups is 1. The molecule has 0 radical (unpaired) electrons. The monoisotopic (exact) mass is 567 g/mol. The molecule has 0 aliphatic heterocycles. The fourth-order valence-corrected chi connectivity index (χ4v) is 4.77. The molecule has 3 rings (SSSR count). The summed E-state index contributed by atoms with van der Waals surface area (Å²) in [6.07, 6.45) is 1.32. The summed E-state index contributed by atoms with van der Waals surface area (Å²) in [7, 11) is 1.62. The zero-order chi connectivity index (χ0) is 22.4. The van der Waals surface area contributed by atoms with Gasteiger partial charge in [0.1, 0.15) is 5.75 Å². The van der Waals surface area contributed by atoms with Crippen molar-refractivity contribution < 1.29 is 19.2 Å². The van der Waals surface area contributed by atoms with Gasteiger partial charge in [0.05, 0.1) is 36.3 Å². The lowest BCUT2D eigenvalue weighted by Gasteiger charge is -2.12. The maximum atomic E-state index is 12.2. The molecule has 162 valence electrons. The van der Waals surface area contributed by atoms with Gasteiger partial charge >= 0.3 is 5.16 Å². The van der Waals surface area contributed by atoms with Crippen LogP contribution in [0.1, 0.15) is 12.5 Å². The fraction of sp³-hybridized carbons (Fsp3) is 0.200. The summed E-state index contributed by atoms with van der Waals surface area (Å²) >= 11 is 7.80. The molecule has 0 unspecified atom stereocenters. The van der Waals surface area contributed by atoms with Crippen LogP contribution in [0.2, 0.25) is 0 Å². The van der Waals surface area contributed by atoms with Crippen LogP contribution in [0.3, 0.4) is 0 Å². The zero-order valence-electron chi connectivity index (χ0n) is 16.7. The highest BCUT2D eigenvalue weighted by Gasteiger charge is 2.21. The molecular weight excluding hydrogens is 550 g/mol. The number of nitrogens with one attached hydrogen (secondary N) is 2. The highest BCUT2D eigenvalue weighted by atomic mass is 79.9. The van der Waals surface area contributed by atoms with Crippen LogP contribution in [0, 0.1) is 0 Å². The first-order valence-electron chi connectivity index (χ1n) is 9.16. The summed E-state index contributed by atoms with van der Waals surface area (Å²) < 4.78 is 8.34. The van der Waals surface area contributed by atoms with Gasteiger partial charge in [-0.15, -0.1) is 5.10 Å². The number of ether oxygens (including phenoxy) is 1. The van der Waals surface area contributed by atoms with Crippen LogP contribution in [-0.2, 0) is 11.3 Å². The second-order valence-corrected chi connectivity index (χ2v) is 8.93. The van der Waals surface area contributed by atoms with E-state index in [-0.39, 0.29) is 17.4 Å². The summed E-state index contributed by atoms with van der Waals surface area (Å²) in [6, 6.07) is 10.9. The molecule has 0 saturated carbocycles. The molecule has 0 atom stereocenters. The Bertz CT molecular complexity index is 1100. The van der Waals surface area contributed by atoms with Crippen molar-refractivity contribution in [1.29, 1.82) is 0 Å². The Morgan fingerprint density at radius 2 is 2.10 bits per heavy atom. The molecule has 0 aliphatic carbocycles. The summed E-state index contributed by atoms with van der Waals surface area (Å²) in [6.45, 7) is 2.69. The number of thioether (sulfide) groups is 1. The molecule has 31 heavy (non-hydrogen) atoms. The largest absolute Gasteiger partial charge is 0.871 e. The predicted molar refractivity (Wildman–Crippen MR) is 124 cm³/mol. The smallest absolute Gasteiger partial charge is 0.337 e. The third-order valence-corrected chi connectivity index (χ3v) is 6.22. The number of aromatic amines is 1. The van der Waals surface area contributed by atoms with E-state index in [9.17, 15) is 9.90 Å². The summed E-state index contributed by atoms with van der Waals surface area (Å²) in [5, 5.41) is 24.0. The van der Waals surface area contributed by atoms with Gasteiger partial charge in [-0.3, -0.25) is 4.79 Å². The van der Waals surface area contributed by atoms with Gasteiger partial charge in [0.2, 0.25) is 0 Å². The normalized spacial score (nSPS) is 11.1. The summed E-state index contributed by atoms with van der Waals surface area (Å²) in [5.41, 5.74) is 3.75. The van der Waals surface area contributed by atoms with Gasteiger partial charge in [-0.25, -0.2) is 9.99 Å². The van der Waals surface area contributed by atoms with E-state index in [0.29, 0.717) is 21.7 Å². The minimum Gasteiger partial charge on any atom is -0.871 e. The number of benzene rings is 2. The lowest BCUT2D eigenvalue weighted by Crippen LogP contribution is -2.36. The van der Waals surface area contributed by atoms with Crippen LogP contribution in [0.5, 0.6) is 11.5 Å². The van der Waals surface area contributed by atoms with Crippen molar-refractivity contribution >= 4 is 55.7 Å². The van der Waals surface area contributed by atoms with Crippen LogP contribution in [0.15, 0.2) is 55.6 Å². The quantitative estimate of drug-likeness (QED) is 0.188. The number of nitrogens with zero attached hydrogens (tertiary/aromatic N) is 3. The Hall–Kier alpha value is -2.37. The second kappa shape index (κ2) is 10.8. The minimum atomic E-state index is -0.306. The SMILES string of the molecule is CC[n+]1c(SCC(=O)NN=Cc2cc(Br)cc(Br)c2[O-])n[nH]c1-c1ccc(OC)cc1. The average molecular weight is 569 g/mol. The molecule has 2 aromatic carbocycles. The Labute approximate surface area is 200 Å². The number of amides is 1. The van der Waals surface area contributed by atoms with Crippen molar-refractivity contribution in [1.82, 2.24) is 15.6 Å². The highest BCUT2D eigenvalue weighted by molar-refractivity contribution is 9.11. The Morgan fingerprint density at radius 1 is 1.35 bits per heavy atom. The number of H-pyrrole nitrogens is 1. The number of rotatable bonds is 8. The predicted octanol–water partition coefficient (Wildman–Crippen LogP) is 3.23. The third kappa shape index (κ3) is 5.86. The number of aromatic nitrogens is 3. The first kappa shape index (κ1) is 23.3. The molecule has 1 aromatic heterocycles. The number of methoxy groups -OCH3 is 1. The van der Waals surface area contributed by atoms with Gasteiger partial charge in [0, 0.05) is 8.95 Å². The van der Waals surface area contributed by atoms with E-state index in [1.54, 1.807) is 19.2 Å². The van der Waals surface area contributed by atoms with E-state index in [4.69, 9.17) is 4.74 Å². The number of hydrogen-bond acceptors (Lipinski definition) is 6. The van der Waals surface area contributed by atoms with Crippen LogP contribution in [0.25, 0.3) is 11.4 Å². The van der Waals surface area contributed by atoms with Crippen LogP contribution in [-0.4, -0.2) is 35.2 Å². The van der Waals surface area contributed by atoms with Crippen molar-refractivity contribution in [2.24, 2.45) is 5.10 Å². The first-order valence-corrected chi connectivity index (χ1v) is 11.7. The molecule has 0 saturated heterocycles. The second-order valence-electron chi connectivity index (χ2n) is 6.22. The molecule has 8 nitrogen and oxygen atoms in total. The van der Waals surface area contributed by atoms with Gasteiger partial charge in [-0.1, -0.05) is 37.6 Å². The Balaban J connectivity index is 1.62. The van der Waals surface area contributed by atoms with E-state index in [2.05, 4.69) is 52.6 Å². The molecule has 2 N–H and O–H groups in total. The number of carbonyl (C=O) groups is 1. The molecule has 0 bridgehead atoms. The highest BCUT2D eigenvalue weighted by Crippen LogP contribution is 2.28. The first-order chi connectivity index (χ1) is 14.9. The molecule has 11 heteroatoms. The van der Waals surface area contributed by atoms with Crippen molar-refractivity contribution in [3.63, 3.8) is 0 Å². The molecule has 3 aromatic rings. The lowest BCUT2D eigenvalue weighted by molar-refractivity contribution is -0.719. The van der Waals surface area contributed by atoms with Crippen LogP contribution < -0.4 is 19.8 Å². The van der Waals surface area contributed by atoms with Crippen molar-refractivity contribution in [3.05, 3.63) is 50.9 Å². The van der Waals surface area contributed by atoms with Gasteiger partial charge in [0.25, 0.3) is 11.7 Å². The minimum absolute atomic E-state index is 0.122. The van der Waals surface area contributed by atoms with E-state index >= 15 is 0 Å². The lowest BCUT2D eigenvalue weighted by atomic mass is 10.2. The van der Waals surface area contributed by atoms with Crippen LogP contribution >= 0.6 is 43.6 Å². The van der Waals surface area contributed by atoms with E-state index in [1.807, 2.05) is 35.8 Å². The number of carbonyl (C=O) groups excluding carboxylic acids is 1. The molecule has 0 fully saturated rings. The zero-order valence-corrected chi connectivity index (χ0v) is 20.7. The third-order valence-electron chi connectivity index (χ3n) is 4.20. The standard InChI is InChI=1S/C20H19Br2N5O3S/c1-3-27-19(12-4-6-15(30-2)7-5-12)25-26-20(27)31-11-17(28)24-23-10-13-8-14(21)9-16(22)18(13)29/h4-10H,3,11H2,1-2H3,(H2,23,24,28,29). The van der Waals surface area contributed by atoms with Crippen molar-refractivity contribution in [2.45, 2.75) is 18.6 Å². The molecule has 1 amide bonds. The number of hydrogen-bond donors (Lipinski definition) is 2. The van der Waals surface area contributed by atoms with Gasteiger partial charge in [-0.05, 0) is 60.6 Å². The Kier molecular flexibility index (Phi) is 8.10. The van der Waals surface area contributed by atoms with Gasteiger partial charge in [-0.2, -0.15) is 5.10 Å². The van der Waals surface area contributed by atoms with Crippen molar-refractivity contribution in [3.8, 4) is 22.9 Å². The topological polar surface area (TPSA) is 106 Å². The van der Waals surface area contributed by atoms with E-state index < -0.39 is 0 Å². The van der Waals surface area contributed by atoms with Crippen molar-refractivity contribution in [2.75, 3.05) is 12.9 Å². The average Bonchev–Trinajstić information content (AvgIpc) is 3.18. The van der Waals surface area contributed by atoms with E-state index in [1.165, 1.54) is 18.0 Å². The van der Waals surface area contributed by atoms with Crippen LogP contribution in [0.4, 0.5) is 0 Å². The fourth-order valence-electron chi connectivity index (χ4n) is 2.70. The summed E-state index contributed by atoms with van der Waals surface area (Å²) in [4.78, 5) is 12.2. The maximum Gasteiger partial charge on any atom is 0.337 e. The molecular formula is C20H19Br2N5O3S. The number of halogens is 2. The van der Waals surface area contributed by atoms with E-state index in [0.717, 1.165) is 21.6 Å². The maximum absolute atomic E-state index is 12.2. The summed E-state index contributed by atoms with van der Waals surface area (Å²) in [5.74, 6) is 1.23. The molecule has 0 aliphatic rings. The van der Waals surface area contributed by atoms with Gasteiger partial charge < -0.3 is 9.84 Å². The molecule has 1 heterocycles. The Morgan fingerprint density at radius 3 is 2.77 bits per heavy atom.